The predicted molar refractivity (Wildman–Crippen MR) is 9.08 cm³/mol. The molecule has 0 aliphatic carbocycles. The molecule has 0 aliphatic rings. The summed E-state index contributed by atoms with van der Waals surface area (Å²) in [5.41, 5.74) is 0. The van der Waals surface area contributed by atoms with Crippen LogP contribution in [0.1, 0.15) is 0 Å². The molecule has 5 heteroatoms. The summed E-state index contributed by atoms with van der Waals surface area (Å²) in [4.78, 5) is 0. The van der Waals surface area contributed by atoms with Gasteiger partial charge in [0.05, 0.1) is 0 Å². The zero-order valence-corrected chi connectivity index (χ0v) is 5.82. The van der Waals surface area contributed by atoms with E-state index in [2.05, 4.69) is 0 Å². The molecule has 0 N–H and O–H groups in total. The van der Waals surface area contributed by atoms with Crippen molar-refractivity contribution in [2.45, 2.75) is 0 Å². The molecule has 0 radical (unpaired) electrons. The van der Waals surface area contributed by atoms with Crippen molar-refractivity contribution < 1.29 is 36.8 Å². The third-order valence-corrected chi connectivity index (χ3v) is 0. The van der Waals surface area contributed by atoms with E-state index < -0.39 is 15.5 Å². The van der Waals surface area contributed by atoms with E-state index in [0.29, 0.717) is 0 Å². The molecular formula is AlF3Zr. The molecule has 0 aromatic heterocycles. The quantitative estimate of drug-likeness (QED) is 0.479. The molecule has 0 aromatic rings. The molecule has 0 aliphatic heterocycles. The first-order chi connectivity index (χ1) is 1.73. The van der Waals surface area contributed by atoms with Gasteiger partial charge in [0, 0.05) is 26.2 Å². The smallest absolute Gasteiger partial charge is 0.346 e. The maximum absolute atomic E-state index is 9.81. The molecular weight excluding hydrogens is 175 g/mol. The Bertz CT molecular complexity index is 11.6. The van der Waals surface area contributed by atoms with Crippen LogP contribution >= 0.6 is 0 Å². The van der Waals surface area contributed by atoms with Gasteiger partial charge >= 0.3 is 15.5 Å². The molecule has 0 aromatic carbocycles. The van der Waals surface area contributed by atoms with Crippen LogP contribution in [-0.4, -0.2) is 15.5 Å². The molecule has 0 fully saturated rings. The molecule has 0 amide bonds. The monoisotopic (exact) mass is 174 g/mol. The van der Waals surface area contributed by atoms with Gasteiger partial charge in [-0.15, -0.1) is 0 Å². The van der Waals surface area contributed by atoms with Gasteiger partial charge in [0.15, 0.2) is 0 Å². The zero-order chi connectivity index (χ0) is 3.58. The first-order valence-electron chi connectivity index (χ1n) is 0.655. The molecule has 0 heterocycles. The van der Waals surface area contributed by atoms with Crippen molar-refractivity contribution in [3.05, 3.63) is 0 Å². The van der Waals surface area contributed by atoms with Crippen LogP contribution in [0.15, 0.2) is 0 Å². The van der Waals surface area contributed by atoms with Crippen LogP contribution in [0.5, 0.6) is 0 Å². The first kappa shape index (κ1) is 9.51. The average molecular weight is 175 g/mol. The first-order valence-corrected chi connectivity index (χ1v) is 1.96. The Balaban J connectivity index is 0. The van der Waals surface area contributed by atoms with Crippen LogP contribution in [0.25, 0.3) is 0 Å². The minimum atomic E-state index is -4.64. The molecule has 0 bridgehead atoms. The third kappa shape index (κ3) is 36.8. The van der Waals surface area contributed by atoms with E-state index in [1.807, 2.05) is 0 Å². The Morgan fingerprint density at radius 1 is 1.00 bits per heavy atom. The Kier molecular flexibility index (Phi) is 9.90. The second-order valence-corrected chi connectivity index (χ2v) is 0.742. The van der Waals surface area contributed by atoms with Gasteiger partial charge in [0.1, 0.15) is 0 Å². The van der Waals surface area contributed by atoms with Gasteiger partial charge in [-0.05, 0) is 0 Å². The van der Waals surface area contributed by atoms with Gasteiger partial charge in [-0.25, -0.2) is 0 Å². The molecule has 0 spiro atoms. The van der Waals surface area contributed by atoms with Crippen LogP contribution in [0, 0.1) is 0 Å². The van der Waals surface area contributed by atoms with Crippen LogP contribution in [0.4, 0.5) is 10.6 Å². The average Bonchev–Trinajstić information content (AvgIpc) is 0.811. The van der Waals surface area contributed by atoms with Crippen molar-refractivity contribution in [3.63, 3.8) is 0 Å². The van der Waals surface area contributed by atoms with E-state index in [1.165, 1.54) is 0 Å². The summed E-state index contributed by atoms with van der Waals surface area (Å²) >= 11 is -4.64. The zero-order valence-electron chi connectivity index (χ0n) is 2.21. The number of hydrogen-bond acceptors (Lipinski definition) is 0. The second-order valence-electron chi connectivity index (χ2n) is 0.247. The topological polar surface area (TPSA) is 0 Å². The van der Waals surface area contributed by atoms with E-state index in [9.17, 15) is 10.6 Å². The predicted octanol–water partition coefficient (Wildman–Crippen LogP) is 0.877. The summed E-state index contributed by atoms with van der Waals surface area (Å²) < 4.78 is 29.4. The van der Waals surface area contributed by atoms with Crippen LogP contribution in [0.3, 0.4) is 0 Å². The molecule has 5 heavy (non-hydrogen) atoms. The standard InChI is InChI=1S/Al.3FH.Zr/h;3*1H;/q+3;;;;/p-3. The normalized spacial score (nSPS) is 5.40. The Hall–Kier alpha value is 1.21. The molecule has 0 saturated carbocycles. The van der Waals surface area contributed by atoms with Gasteiger partial charge in [-0.2, -0.15) is 0 Å². The minimum Gasteiger partial charge on any atom is -0.346 e. The summed E-state index contributed by atoms with van der Waals surface area (Å²) in [6.07, 6.45) is 0. The van der Waals surface area contributed by atoms with Crippen LogP contribution in [0.2, 0.25) is 0 Å². The maximum atomic E-state index is 9.81. The number of hydrogen-bond donors (Lipinski definition) is 0. The summed E-state index contributed by atoms with van der Waals surface area (Å²) in [6.45, 7) is 0. The minimum absolute atomic E-state index is 0. The second kappa shape index (κ2) is 5.21. The maximum Gasteiger partial charge on any atom is 1.04 e. The van der Waals surface area contributed by atoms with Crippen molar-refractivity contribution in [2.24, 2.45) is 0 Å². The van der Waals surface area contributed by atoms with Gasteiger partial charge in [0.2, 0.25) is 0 Å². The molecule has 0 nitrogen and oxygen atoms in total. The van der Waals surface area contributed by atoms with Crippen molar-refractivity contribution in [1.29, 1.82) is 0 Å². The summed E-state index contributed by atoms with van der Waals surface area (Å²) in [6, 6.07) is 0. The van der Waals surface area contributed by atoms with Crippen molar-refractivity contribution in [3.8, 4) is 0 Å². The fraction of sp³-hybridized carbons (Fsp3) is 0. The fourth-order valence-electron chi connectivity index (χ4n) is 0. The number of rotatable bonds is 0. The van der Waals surface area contributed by atoms with Crippen LogP contribution < -0.4 is 0 Å². The summed E-state index contributed by atoms with van der Waals surface area (Å²) in [5, 5.41) is 0. The Morgan fingerprint density at radius 3 is 1.00 bits per heavy atom. The third-order valence-electron chi connectivity index (χ3n) is 0. The van der Waals surface area contributed by atoms with Crippen LogP contribution in [-0.2, 0) is 26.2 Å². The van der Waals surface area contributed by atoms with Gasteiger partial charge in [-0.3, -0.25) is 0 Å². The van der Waals surface area contributed by atoms with E-state index >= 15 is 0 Å². The van der Waals surface area contributed by atoms with Gasteiger partial charge < -0.3 is 10.6 Å². The van der Waals surface area contributed by atoms with E-state index in [0.717, 1.165) is 0 Å². The SMILES string of the molecule is [F][Al]([F])[F].[Zr]. The molecule has 0 unspecified atom stereocenters. The molecule has 0 saturated heterocycles. The van der Waals surface area contributed by atoms with E-state index in [1.54, 1.807) is 0 Å². The Morgan fingerprint density at radius 2 is 1.00 bits per heavy atom. The van der Waals surface area contributed by atoms with E-state index in [-0.39, 0.29) is 26.2 Å². The molecule has 28 valence electrons. The summed E-state index contributed by atoms with van der Waals surface area (Å²) in [7, 11) is 0. The summed E-state index contributed by atoms with van der Waals surface area (Å²) in [5.74, 6) is 0. The number of halogens is 3. The van der Waals surface area contributed by atoms with E-state index in [4.69, 9.17) is 0 Å². The van der Waals surface area contributed by atoms with Crippen molar-refractivity contribution >= 4 is 15.5 Å². The molecule has 0 atom stereocenters. The van der Waals surface area contributed by atoms with Crippen molar-refractivity contribution in [1.82, 2.24) is 0 Å². The van der Waals surface area contributed by atoms with Gasteiger partial charge in [0.25, 0.3) is 0 Å². The largest absolute Gasteiger partial charge is 1.04 e. The fourth-order valence-corrected chi connectivity index (χ4v) is 0. The molecule has 0 rings (SSSR count). The Labute approximate surface area is 52.3 Å². The van der Waals surface area contributed by atoms with Gasteiger partial charge in [-0.1, -0.05) is 0 Å². The van der Waals surface area contributed by atoms with Crippen molar-refractivity contribution in [2.75, 3.05) is 0 Å².